The number of nitrogens with one attached hydrogen (secondary N) is 1. The molecule has 1 aromatic rings. The first kappa shape index (κ1) is 10.8. The number of carbonyl (C=O) groups is 1. The monoisotopic (exact) mass is 195 g/mol. The first-order chi connectivity index (χ1) is 6.54. The first-order valence-electron chi connectivity index (χ1n) is 4.89. The van der Waals surface area contributed by atoms with Gasteiger partial charge in [-0.25, -0.2) is 0 Å². The Hall–Kier alpha value is -1.32. The van der Waals surface area contributed by atoms with Crippen LogP contribution in [0.25, 0.3) is 0 Å². The van der Waals surface area contributed by atoms with E-state index in [0.717, 1.165) is 12.2 Å². The molecule has 0 atom stereocenters. The zero-order chi connectivity index (χ0) is 10.7. The van der Waals surface area contributed by atoms with Crippen LogP contribution in [0.2, 0.25) is 0 Å². The lowest BCUT2D eigenvalue weighted by Gasteiger charge is -2.06. The molecule has 0 fully saturated rings. The Morgan fingerprint density at radius 3 is 2.71 bits per heavy atom. The molecule has 0 aliphatic carbocycles. The predicted molar refractivity (Wildman–Crippen MR) is 55.2 cm³/mol. The largest absolute Gasteiger partial charge is 0.350 e. The van der Waals surface area contributed by atoms with E-state index >= 15 is 0 Å². The highest BCUT2D eigenvalue weighted by atomic mass is 16.1. The Bertz CT molecular complexity index is 328. The summed E-state index contributed by atoms with van der Waals surface area (Å²) in [5.74, 6) is -0.0443. The molecule has 0 radical (unpaired) electrons. The van der Waals surface area contributed by atoms with Gasteiger partial charge in [-0.05, 0) is 27.7 Å². The maximum absolute atomic E-state index is 11.6. The smallest absolute Gasteiger partial charge is 0.254 e. The van der Waals surface area contributed by atoms with Crippen molar-refractivity contribution in [3.8, 4) is 0 Å². The van der Waals surface area contributed by atoms with E-state index in [1.165, 1.54) is 0 Å². The molecule has 0 saturated heterocycles. The summed E-state index contributed by atoms with van der Waals surface area (Å²) in [6.45, 7) is 8.52. The van der Waals surface area contributed by atoms with Crippen LogP contribution < -0.4 is 5.32 Å². The van der Waals surface area contributed by atoms with Gasteiger partial charge in [-0.2, -0.15) is 5.10 Å². The number of amides is 1. The molecule has 1 rings (SSSR count). The normalized spacial score (nSPS) is 10.6. The Balaban J connectivity index is 2.84. The molecule has 1 aromatic heterocycles. The van der Waals surface area contributed by atoms with Crippen molar-refractivity contribution in [2.24, 2.45) is 0 Å². The summed E-state index contributed by atoms with van der Waals surface area (Å²) in [7, 11) is 0. The summed E-state index contributed by atoms with van der Waals surface area (Å²) in [5.41, 5.74) is 1.45. The van der Waals surface area contributed by atoms with Crippen molar-refractivity contribution in [2.45, 2.75) is 40.3 Å². The summed E-state index contributed by atoms with van der Waals surface area (Å²) in [6.07, 6.45) is 1.78. The van der Waals surface area contributed by atoms with Gasteiger partial charge in [0.2, 0.25) is 0 Å². The fraction of sp³-hybridized carbons (Fsp3) is 0.600. The standard InChI is InChI=1S/C10H17N3O/c1-5-13-6-9(8(4)12-13)10(14)11-7(2)3/h6-7H,5H2,1-4H3,(H,11,14). The van der Waals surface area contributed by atoms with E-state index in [9.17, 15) is 4.79 Å². The van der Waals surface area contributed by atoms with Crippen molar-refractivity contribution < 1.29 is 4.79 Å². The summed E-state index contributed by atoms with van der Waals surface area (Å²) >= 11 is 0. The minimum atomic E-state index is -0.0443. The second kappa shape index (κ2) is 4.26. The van der Waals surface area contributed by atoms with Gasteiger partial charge in [0, 0.05) is 18.8 Å². The Morgan fingerprint density at radius 1 is 1.64 bits per heavy atom. The number of aromatic nitrogens is 2. The SMILES string of the molecule is CCn1cc(C(=O)NC(C)C)c(C)n1. The minimum Gasteiger partial charge on any atom is -0.350 e. The molecule has 1 amide bonds. The molecule has 0 bridgehead atoms. The summed E-state index contributed by atoms with van der Waals surface area (Å²) < 4.78 is 1.77. The van der Waals surface area contributed by atoms with Crippen molar-refractivity contribution in [2.75, 3.05) is 0 Å². The van der Waals surface area contributed by atoms with Gasteiger partial charge in [-0.3, -0.25) is 9.48 Å². The molecular weight excluding hydrogens is 178 g/mol. The summed E-state index contributed by atoms with van der Waals surface area (Å²) in [4.78, 5) is 11.6. The van der Waals surface area contributed by atoms with Gasteiger partial charge < -0.3 is 5.32 Å². The predicted octanol–water partition coefficient (Wildman–Crippen LogP) is 1.35. The van der Waals surface area contributed by atoms with E-state index in [0.29, 0.717) is 5.56 Å². The van der Waals surface area contributed by atoms with Crippen LogP contribution in [-0.2, 0) is 6.54 Å². The fourth-order valence-electron chi connectivity index (χ4n) is 1.24. The number of carbonyl (C=O) groups excluding carboxylic acids is 1. The average Bonchev–Trinajstić information content (AvgIpc) is 2.45. The van der Waals surface area contributed by atoms with Gasteiger partial charge in [-0.15, -0.1) is 0 Å². The second-order valence-electron chi connectivity index (χ2n) is 3.61. The van der Waals surface area contributed by atoms with Crippen LogP contribution in [0, 0.1) is 6.92 Å². The van der Waals surface area contributed by atoms with Gasteiger partial charge in [0.15, 0.2) is 0 Å². The Morgan fingerprint density at radius 2 is 2.29 bits per heavy atom. The lowest BCUT2D eigenvalue weighted by molar-refractivity contribution is 0.0942. The maximum atomic E-state index is 11.6. The van der Waals surface area contributed by atoms with E-state index in [1.807, 2.05) is 27.7 Å². The molecule has 14 heavy (non-hydrogen) atoms. The lowest BCUT2D eigenvalue weighted by Crippen LogP contribution is -2.30. The molecule has 0 aliphatic heterocycles. The van der Waals surface area contributed by atoms with E-state index in [2.05, 4.69) is 10.4 Å². The van der Waals surface area contributed by atoms with E-state index < -0.39 is 0 Å². The molecule has 0 spiro atoms. The van der Waals surface area contributed by atoms with Crippen molar-refractivity contribution in [3.05, 3.63) is 17.5 Å². The Kier molecular flexibility index (Phi) is 3.28. The third-order valence-electron chi connectivity index (χ3n) is 1.93. The number of hydrogen-bond acceptors (Lipinski definition) is 2. The van der Waals surface area contributed by atoms with Crippen LogP contribution in [0.1, 0.15) is 36.8 Å². The Labute approximate surface area is 84.3 Å². The molecule has 0 aliphatic rings. The van der Waals surface area contributed by atoms with Crippen LogP contribution in [-0.4, -0.2) is 21.7 Å². The first-order valence-corrected chi connectivity index (χ1v) is 4.89. The van der Waals surface area contributed by atoms with E-state index in [1.54, 1.807) is 10.9 Å². The number of rotatable bonds is 3. The highest BCUT2D eigenvalue weighted by Crippen LogP contribution is 2.05. The molecule has 1 N–H and O–H groups in total. The molecule has 0 aromatic carbocycles. The lowest BCUT2D eigenvalue weighted by atomic mass is 10.2. The molecule has 1 heterocycles. The third-order valence-corrected chi connectivity index (χ3v) is 1.93. The zero-order valence-electron chi connectivity index (χ0n) is 9.16. The third kappa shape index (κ3) is 2.34. The molecule has 78 valence electrons. The number of aryl methyl sites for hydroxylation is 2. The maximum Gasteiger partial charge on any atom is 0.254 e. The van der Waals surface area contributed by atoms with E-state index in [-0.39, 0.29) is 11.9 Å². The van der Waals surface area contributed by atoms with Gasteiger partial charge in [0.1, 0.15) is 0 Å². The van der Waals surface area contributed by atoms with Crippen molar-refractivity contribution >= 4 is 5.91 Å². The highest BCUT2D eigenvalue weighted by molar-refractivity contribution is 5.95. The summed E-state index contributed by atoms with van der Waals surface area (Å²) in [5, 5.41) is 7.06. The van der Waals surface area contributed by atoms with Crippen molar-refractivity contribution in [1.29, 1.82) is 0 Å². The van der Waals surface area contributed by atoms with Crippen molar-refractivity contribution in [3.63, 3.8) is 0 Å². The van der Waals surface area contributed by atoms with Crippen LogP contribution in [0.3, 0.4) is 0 Å². The van der Waals surface area contributed by atoms with Crippen LogP contribution in [0.4, 0.5) is 0 Å². The number of nitrogens with zero attached hydrogens (tertiary/aromatic N) is 2. The highest BCUT2D eigenvalue weighted by Gasteiger charge is 2.13. The van der Waals surface area contributed by atoms with Crippen LogP contribution >= 0.6 is 0 Å². The fourth-order valence-corrected chi connectivity index (χ4v) is 1.24. The average molecular weight is 195 g/mol. The van der Waals surface area contributed by atoms with Gasteiger partial charge >= 0.3 is 0 Å². The molecule has 0 unspecified atom stereocenters. The zero-order valence-corrected chi connectivity index (χ0v) is 9.16. The molecule has 4 nitrogen and oxygen atoms in total. The van der Waals surface area contributed by atoms with Gasteiger partial charge in [0.25, 0.3) is 5.91 Å². The number of hydrogen-bond donors (Lipinski definition) is 1. The quantitative estimate of drug-likeness (QED) is 0.791. The second-order valence-corrected chi connectivity index (χ2v) is 3.61. The molecule has 0 saturated carbocycles. The molecular formula is C10H17N3O. The minimum absolute atomic E-state index is 0.0443. The van der Waals surface area contributed by atoms with Gasteiger partial charge in [0.05, 0.1) is 11.3 Å². The van der Waals surface area contributed by atoms with Crippen LogP contribution in [0.15, 0.2) is 6.20 Å². The van der Waals surface area contributed by atoms with Crippen LogP contribution in [0.5, 0.6) is 0 Å². The topological polar surface area (TPSA) is 46.9 Å². The van der Waals surface area contributed by atoms with Crippen molar-refractivity contribution in [1.82, 2.24) is 15.1 Å². The van der Waals surface area contributed by atoms with Gasteiger partial charge in [-0.1, -0.05) is 0 Å². The van der Waals surface area contributed by atoms with E-state index in [4.69, 9.17) is 0 Å². The summed E-state index contributed by atoms with van der Waals surface area (Å²) in [6, 6.07) is 0.159. The molecule has 4 heteroatoms.